The Balaban J connectivity index is 2.26. The lowest BCUT2D eigenvalue weighted by atomic mass is 10.1. The van der Waals surface area contributed by atoms with Crippen molar-refractivity contribution in [3.8, 4) is 11.3 Å². The second-order valence-electron chi connectivity index (χ2n) is 3.47. The third-order valence-corrected chi connectivity index (χ3v) is 2.57. The Morgan fingerprint density at radius 1 is 1.31 bits per heavy atom. The summed E-state index contributed by atoms with van der Waals surface area (Å²) in [4.78, 5) is 0. The molecule has 0 unspecified atom stereocenters. The van der Waals surface area contributed by atoms with Crippen LogP contribution in [0.5, 0.6) is 0 Å². The van der Waals surface area contributed by atoms with Crippen molar-refractivity contribution in [2.24, 2.45) is 0 Å². The lowest BCUT2D eigenvalue weighted by Crippen LogP contribution is -2.11. The summed E-state index contributed by atoms with van der Waals surface area (Å²) < 4.78 is 5.25. The molecular formula is C12H13ClN2O. The largest absolute Gasteiger partial charge is 0.356 e. The van der Waals surface area contributed by atoms with Gasteiger partial charge in [-0.3, -0.25) is 0 Å². The van der Waals surface area contributed by atoms with Gasteiger partial charge in [0.15, 0.2) is 5.76 Å². The van der Waals surface area contributed by atoms with Crippen LogP contribution in [0, 0.1) is 0 Å². The molecule has 16 heavy (non-hydrogen) atoms. The molecular weight excluding hydrogens is 224 g/mol. The van der Waals surface area contributed by atoms with E-state index in [1.807, 2.05) is 24.3 Å². The van der Waals surface area contributed by atoms with Crippen LogP contribution in [0.3, 0.4) is 0 Å². The Kier molecular flexibility index (Phi) is 3.59. The van der Waals surface area contributed by atoms with Crippen LogP contribution in [0.2, 0.25) is 5.02 Å². The number of rotatable bonds is 4. The Labute approximate surface area is 99.4 Å². The Morgan fingerprint density at radius 3 is 2.75 bits per heavy atom. The fourth-order valence-corrected chi connectivity index (χ4v) is 1.61. The second kappa shape index (κ2) is 5.14. The lowest BCUT2D eigenvalue weighted by molar-refractivity contribution is 0.431. The molecule has 0 aliphatic rings. The van der Waals surface area contributed by atoms with Crippen molar-refractivity contribution in [3.05, 3.63) is 41.0 Å². The third kappa shape index (κ3) is 2.43. The third-order valence-electron chi connectivity index (χ3n) is 2.32. The predicted octanol–water partition coefficient (Wildman–Crippen LogP) is 3.10. The molecule has 0 spiro atoms. The smallest absolute Gasteiger partial charge is 0.171 e. The number of halogens is 1. The number of hydrogen-bond donors (Lipinski definition) is 1. The van der Waals surface area contributed by atoms with E-state index in [2.05, 4.69) is 17.4 Å². The van der Waals surface area contributed by atoms with Gasteiger partial charge in [0, 0.05) is 22.7 Å². The number of nitrogens with zero attached hydrogens (tertiary/aromatic N) is 1. The molecule has 0 fully saturated rings. The summed E-state index contributed by atoms with van der Waals surface area (Å²) in [5.41, 5.74) is 2.05. The molecule has 0 saturated carbocycles. The fourth-order valence-electron chi connectivity index (χ4n) is 1.48. The van der Waals surface area contributed by atoms with Crippen LogP contribution in [0.25, 0.3) is 11.3 Å². The first-order chi connectivity index (χ1) is 7.81. The molecule has 1 N–H and O–H groups in total. The average molecular weight is 237 g/mol. The monoisotopic (exact) mass is 236 g/mol. The van der Waals surface area contributed by atoms with E-state index in [1.54, 1.807) is 6.20 Å². The number of aromatic nitrogens is 1. The standard InChI is InChI=1S/C12H13ClN2O/c1-2-14-7-10-8-15-16-12(10)9-3-5-11(13)6-4-9/h3-6,8,14H,2,7H2,1H3. The van der Waals surface area contributed by atoms with Gasteiger partial charge in [0.05, 0.1) is 6.20 Å². The quantitative estimate of drug-likeness (QED) is 0.887. The Bertz CT molecular complexity index is 450. The van der Waals surface area contributed by atoms with E-state index in [0.717, 1.165) is 35.0 Å². The predicted molar refractivity (Wildman–Crippen MR) is 64.3 cm³/mol. The summed E-state index contributed by atoms with van der Waals surface area (Å²) in [6, 6.07) is 7.55. The topological polar surface area (TPSA) is 38.1 Å². The molecule has 0 bridgehead atoms. The second-order valence-corrected chi connectivity index (χ2v) is 3.90. The molecule has 1 aromatic heterocycles. The van der Waals surface area contributed by atoms with Gasteiger partial charge in [0.1, 0.15) is 0 Å². The van der Waals surface area contributed by atoms with Gasteiger partial charge in [-0.05, 0) is 30.8 Å². The maximum absolute atomic E-state index is 5.84. The highest BCUT2D eigenvalue weighted by atomic mass is 35.5. The Morgan fingerprint density at radius 2 is 2.06 bits per heavy atom. The van der Waals surface area contributed by atoms with Crippen molar-refractivity contribution in [2.45, 2.75) is 13.5 Å². The van der Waals surface area contributed by atoms with E-state index in [-0.39, 0.29) is 0 Å². The normalized spacial score (nSPS) is 10.6. The van der Waals surface area contributed by atoms with Crippen LogP contribution in [0.4, 0.5) is 0 Å². The highest BCUT2D eigenvalue weighted by molar-refractivity contribution is 6.30. The first-order valence-electron chi connectivity index (χ1n) is 5.21. The summed E-state index contributed by atoms with van der Waals surface area (Å²) in [6.45, 7) is 3.75. The minimum atomic E-state index is 0.719. The van der Waals surface area contributed by atoms with E-state index in [1.165, 1.54) is 0 Å². The lowest BCUT2D eigenvalue weighted by Gasteiger charge is -2.01. The zero-order valence-corrected chi connectivity index (χ0v) is 9.79. The number of benzene rings is 1. The minimum Gasteiger partial charge on any atom is -0.356 e. The first kappa shape index (κ1) is 11.2. The number of hydrogen-bond acceptors (Lipinski definition) is 3. The van der Waals surface area contributed by atoms with Gasteiger partial charge in [-0.1, -0.05) is 23.7 Å². The van der Waals surface area contributed by atoms with E-state index in [9.17, 15) is 0 Å². The first-order valence-corrected chi connectivity index (χ1v) is 5.59. The van der Waals surface area contributed by atoms with Crippen LogP contribution >= 0.6 is 11.6 Å². The zero-order valence-electron chi connectivity index (χ0n) is 9.03. The highest BCUT2D eigenvalue weighted by Gasteiger charge is 2.09. The maximum Gasteiger partial charge on any atom is 0.171 e. The highest BCUT2D eigenvalue weighted by Crippen LogP contribution is 2.24. The molecule has 2 rings (SSSR count). The summed E-state index contributed by atoms with van der Waals surface area (Å²) in [5, 5.41) is 7.79. The molecule has 0 aliphatic carbocycles. The summed E-state index contributed by atoms with van der Waals surface area (Å²) in [5.74, 6) is 0.803. The molecule has 0 saturated heterocycles. The van der Waals surface area contributed by atoms with Gasteiger partial charge < -0.3 is 9.84 Å². The molecule has 4 heteroatoms. The average Bonchev–Trinajstić information content (AvgIpc) is 2.75. The molecule has 0 atom stereocenters. The SMILES string of the molecule is CCNCc1cnoc1-c1ccc(Cl)cc1. The van der Waals surface area contributed by atoms with E-state index < -0.39 is 0 Å². The van der Waals surface area contributed by atoms with Crippen molar-refractivity contribution in [3.63, 3.8) is 0 Å². The van der Waals surface area contributed by atoms with Crippen molar-refractivity contribution < 1.29 is 4.52 Å². The molecule has 0 amide bonds. The van der Waals surface area contributed by atoms with E-state index in [4.69, 9.17) is 16.1 Å². The van der Waals surface area contributed by atoms with Crippen molar-refractivity contribution in [1.29, 1.82) is 0 Å². The van der Waals surface area contributed by atoms with E-state index in [0.29, 0.717) is 0 Å². The fraction of sp³-hybridized carbons (Fsp3) is 0.250. The number of nitrogens with one attached hydrogen (secondary N) is 1. The molecule has 2 aromatic rings. The van der Waals surface area contributed by atoms with Crippen LogP contribution in [-0.4, -0.2) is 11.7 Å². The van der Waals surface area contributed by atoms with Gasteiger partial charge in [0.25, 0.3) is 0 Å². The van der Waals surface area contributed by atoms with E-state index >= 15 is 0 Å². The molecule has 84 valence electrons. The van der Waals surface area contributed by atoms with Gasteiger partial charge in [0.2, 0.25) is 0 Å². The zero-order chi connectivity index (χ0) is 11.4. The van der Waals surface area contributed by atoms with Crippen LogP contribution < -0.4 is 5.32 Å². The van der Waals surface area contributed by atoms with Crippen molar-refractivity contribution in [2.75, 3.05) is 6.54 Å². The molecule has 1 heterocycles. The van der Waals surface area contributed by atoms with Gasteiger partial charge in [-0.2, -0.15) is 0 Å². The van der Waals surface area contributed by atoms with Crippen LogP contribution in [0.15, 0.2) is 35.0 Å². The Hall–Kier alpha value is -1.32. The maximum atomic E-state index is 5.84. The van der Waals surface area contributed by atoms with Crippen LogP contribution in [0.1, 0.15) is 12.5 Å². The molecule has 1 aromatic carbocycles. The summed E-state index contributed by atoms with van der Waals surface area (Å²) in [7, 11) is 0. The summed E-state index contributed by atoms with van der Waals surface area (Å²) in [6.07, 6.45) is 1.74. The van der Waals surface area contributed by atoms with Crippen molar-refractivity contribution >= 4 is 11.6 Å². The van der Waals surface area contributed by atoms with Crippen molar-refractivity contribution in [1.82, 2.24) is 10.5 Å². The van der Waals surface area contributed by atoms with Gasteiger partial charge >= 0.3 is 0 Å². The van der Waals surface area contributed by atoms with Gasteiger partial charge in [-0.25, -0.2) is 0 Å². The molecule has 3 nitrogen and oxygen atoms in total. The summed E-state index contributed by atoms with van der Waals surface area (Å²) >= 11 is 5.84. The minimum absolute atomic E-state index is 0.719. The molecule has 0 radical (unpaired) electrons. The van der Waals surface area contributed by atoms with Gasteiger partial charge in [-0.15, -0.1) is 0 Å². The molecule has 0 aliphatic heterocycles. The van der Waals surface area contributed by atoms with Crippen LogP contribution in [-0.2, 0) is 6.54 Å².